The summed E-state index contributed by atoms with van der Waals surface area (Å²) >= 11 is 0. The zero-order chi connectivity index (χ0) is 22.1. The molecule has 2 amide bonds. The van der Waals surface area contributed by atoms with E-state index < -0.39 is 0 Å². The molecule has 1 saturated heterocycles. The Labute approximate surface area is 184 Å². The van der Waals surface area contributed by atoms with Gasteiger partial charge in [-0.05, 0) is 61.1 Å². The number of carbonyl (C=O) groups is 2. The van der Waals surface area contributed by atoms with Gasteiger partial charge in [0.05, 0.1) is 6.54 Å². The van der Waals surface area contributed by atoms with Crippen LogP contribution < -0.4 is 10.6 Å². The molecule has 3 rings (SSSR count). The van der Waals surface area contributed by atoms with Gasteiger partial charge in [0.15, 0.2) is 0 Å². The average Bonchev–Trinajstić information content (AvgIpc) is 2.83. The lowest BCUT2D eigenvalue weighted by atomic mass is 10.0. The van der Waals surface area contributed by atoms with Crippen LogP contribution in [0.2, 0.25) is 0 Å². The lowest BCUT2D eigenvalue weighted by Gasteiger charge is -2.24. The van der Waals surface area contributed by atoms with E-state index in [1.807, 2.05) is 12.1 Å². The molecule has 1 atom stereocenters. The Balaban J connectivity index is 1.40. The average molecular weight is 424 g/mol. The highest BCUT2D eigenvalue weighted by atomic mass is 16.5. The number of hydroxylamine groups is 2. The molecule has 1 unspecified atom stereocenters. The van der Waals surface area contributed by atoms with Gasteiger partial charge in [0, 0.05) is 24.6 Å². The minimum absolute atomic E-state index is 0.0739. The lowest BCUT2D eigenvalue weighted by Crippen LogP contribution is -2.38. The van der Waals surface area contributed by atoms with Gasteiger partial charge in [-0.1, -0.05) is 49.7 Å². The van der Waals surface area contributed by atoms with Gasteiger partial charge in [-0.15, -0.1) is 0 Å². The highest BCUT2D eigenvalue weighted by Gasteiger charge is 2.17. The molecule has 6 heteroatoms. The van der Waals surface area contributed by atoms with Crippen LogP contribution in [0.15, 0.2) is 48.5 Å². The summed E-state index contributed by atoms with van der Waals surface area (Å²) in [6.45, 7) is 3.40. The second kappa shape index (κ2) is 11.6. The summed E-state index contributed by atoms with van der Waals surface area (Å²) in [6.07, 6.45) is 5.50. The minimum Gasteiger partial charge on any atom is -0.350 e. The van der Waals surface area contributed by atoms with Crippen LogP contribution in [-0.4, -0.2) is 47.8 Å². The molecule has 0 aliphatic carbocycles. The van der Waals surface area contributed by atoms with Gasteiger partial charge in [0.25, 0.3) is 5.91 Å². The molecule has 0 radical (unpaired) electrons. The number of benzene rings is 2. The van der Waals surface area contributed by atoms with Gasteiger partial charge in [0.2, 0.25) is 5.91 Å². The van der Waals surface area contributed by atoms with E-state index in [-0.39, 0.29) is 24.9 Å². The summed E-state index contributed by atoms with van der Waals surface area (Å²) < 4.78 is 0. The molecule has 3 N–H and O–H groups in total. The lowest BCUT2D eigenvalue weighted by molar-refractivity contribution is -0.165. The van der Waals surface area contributed by atoms with E-state index in [1.54, 1.807) is 12.1 Å². The van der Waals surface area contributed by atoms with Crippen molar-refractivity contribution in [2.24, 2.45) is 0 Å². The summed E-state index contributed by atoms with van der Waals surface area (Å²) in [6, 6.07) is 16.2. The van der Waals surface area contributed by atoms with Crippen LogP contribution in [0.5, 0.6) is 0 Å². The Morgan fingerprint density at radius 1 is 1.06 bits per heavy atom. The highest BCUT2D eigenvalue weighted by Crippen LogP contribution is 2.20. The summed E-state index contributed by atoms with van der Waals surface area (Å²) in [5, 5.41) is 16.8. The standard InChI is InChI=1S/C25H33N3O3/c1-2-19-6-8-20(9-7-19)21-10-12-22(13-11-21)25(30)27-17-18-28(31)24(29)15-14-23-5-3-4-16-26-23/h6-13,23,26,31H,2-5,14-18H2,1H3,(H,27,30). The Kier molecular flexibility index (Phi) is 8.62. The van der Waals surface area contributed by atoms with E-state index in [1.165, 1.54) is 18.4 Å². The summed E-state index contributed by atoms with van der Waals surface area (Å²) in [5.74, 6) is -0.528. The van der Waals surface area contributed by atoms with Gasteiger partial charge in [0.1, 0.15) is 0 Å². The van der Waals surface area contributed by atoms with Crippen LogP contribution in [0.3, 0.4) is 0 Å². The summed E-state index contributed by atoms with van der Waals surface area (Å²) in [4.78, 5) is 24.4. The van der Waals surface area contributed by atoms with Crippen molar-refractivity contribution in [1.82, 2.24) is 15.7 Å². The van der Waals surface area contributed by atoms with Crippen molar-refractivity contribution in [2.45, 2.75) is 51.5 Å². The van der Waals surface area contributed by atoms with Crippen molar-refractivity contribution in [3.05, 3.63) is 59.7 Å². The van der Waals surface area contributed by atoms with Crippen LogP contribution in [0.1, 0.15) is 54.9 Å². The zero-order valence-corrected chi connectivity index (χ0v) is 18.3. The maximum absolute atomic E-state index is 12.4. The smallest absolute Gasteiger partial charge is 0.251 e. The van der Waals surface area contributed by atoms with Gasteiger partial charge < -0.3 is 10.6 Å². The number of nitrogens with zero attached hydrogens (tertiary/aromatic N) is 1. The summed E-state index contributed by atoms with van der Waals surface area (Å²) in [5.41, 5.74) is 4.01. The Morgan fingerprint density at radius 2 is 1.74 bits per heavy atom. The number of hydrogen-bond acceptors (Lipinski definition) is 4. The van der Waals surface area contributed by atoms with Gasteiger partial charge in [-0.3, -0.25) is 14.8 Å². The number of carbonyl (C=O) groups excluding carboxylic acids is 2. The molecule has 1 aliphatic heterocycles. The molecule has 0 spiro atoms. The zero-order valence-electron chi connectivity index (χ0n) is 18.3. The number of piperidine rings is 1. The van der Waals surface area contributed by atoms with E-state index in [0.717, 1.165) is 36.9 Å². The van der Waals surface area contributed by atoms with Crippen molar-refractivity contribution in [2.75, 3.05) is 19.6 Å². The van der Waals surface area contributed by atoms with E-state index in [9.17, 15) is 14.8 Å². The van der Waals surface area contributed by atoms with Gasteiger partial charge >= 0.3 is 0 Å². The van der Waals surface area contributed by atoms with E-state index in [0.29, 0.717) is 23.1 Å². The maximum Gasteiger partial charge on any atom is 0.251 e. The van der Waals surface area contributed by atoms with Crippen LogP contribution >= 0.6 is 0 Å². The predicted molar refractivity (Wildman–Crippen MR) is 122 cm³/mol. The molecule has 166 valence electrons. The van der Waals surface area contributed by atoms with Crippen molar-refractivity contribution in [3.63, 3.8) is 0 Å². The first kappa shape index (κ1) is 23.0. The van der Waals surface area contributed by atoms with Crippen LogP contribution in [0, 0.1) is 0 Å². The molecule has 1 aliphatic rings. The number of aryl methyl sites for hydroxylation is 1. The third-order valence-corrected chi connectivity index (χ3v) is 5.86. The molecule has 0 saturated carbocycles. The van der Waals surface area contributed by atoms with Crippen LogP contribution in [0.25, 0.3) is 11.1 Å². The molecule has 1 fully saturated rings. The molecule has 6 nitrogen and oxygen atoms in total. The highest BCUT2D eigenvalue weighted by molar-refractivity contribution is 5.94. The molecule has 2 aromatic carbocycles. The second-order valence-electron chi connectivity index (χ2n) is 8.09. The minimum atomic E-state index is -0.305. The molecule has 31 heavy (non-hydrogen) atoms. The van der Waals surface area contributed by atoms with E-state index in [4.69, 9.17) is 0 Å². The fourth-order valence-corrected chi connectivity index (χ4v) is 3.85. The number of rotatable bonds is 9. The SMILES string of the molecule is CCc1ccc(-c2ccc(C(=O)NCCN(O)C(=O)CCC3CCCCN3)cc2)cc1. The fraction of sp³-hybridized carbons (Fsp3) is 0.440. The number of amides is 2. The quantitative estimate of drug-likeness (QED) is 0.423. The van der Waals surface area contributed by atoms with Crippen molar-refractivity contribution in [3.8, 4) is 11.1 Å². The normalized spacial score (nSPS) is 16.0. The van der Waals surface area contributed by atoms with Gasteiger partial charge in [-0.25, -0.2) is 5.06 Å². The predicted octanol–water partition coefficient (Wildman–Crippen LogP) is 3.79. The molecule has 0 aromatic heterocycles. The number of nitrogens with one attached hydrogen (secondary N) is 2. The van der Waals surface area contributed by atoms with Crippen molar-refractivity contribution >= 4 is 11.8 Å². The number of hydrogen-bond donors (Lipinski definition) is 3. The molecule has 0 bridgehead atoms. The van der Waals surface area contributed by atoms with Crippen LogP contribution in [0.4, 0.5) is 0 Å². The Hall–Kier alpha value is -2.70. The van der Waals surface area contributed by atoms with E-state index >= 15 is 0 Å². The van der Waals surface area contributed by atoms with Crippen molar-refractivity contribution < 1.29 is 14.8 Å². The first-order valence-electron chi connectivity index (χ1n) is 11.3. The van der Waals surface area contributed by atoms with Crippen molar-refractivity contribution in [1.29, 1.82) is 0 Å². The third kappa shape index (κ3) is 6.91. The van der Waals surface area contributed by atoms with Gasteiger partial charge in [-0.2, -0.15) is 0 Å². The van der Waals surface area contributed by atoms with Crippen LogP contribution in [-0.2, 0) is 11.2 Å². The first-order valence-corrected chi connectivity index (χ1v) is 11.3. The molecule has 2 aromatic rings. The van der Waals surface area contributed by atoms with E-state index in [2.05, 4.69) is 41.8 Å². The third-order valence-electron chi connectivity index (χ3n) is 5.86. The summed E-state index contributed by atoms with van der Waals surface area (Å²) in [7, 11) is 0. The first-order chi connectivity index (χ1) is 15.1. The fourth-order valence-electron chi connectivity index (χ4n) is 3.85. The largest absolute Gasteiger partial charge is 0.350 e. The Bertz CT molecular complexity index is 843. The second-order valence-corrected chi connectivity index (χ2v) is 8.09. The molecular formula is C25H33N3O3. The molecular weight excluding hydrogens is 390 g/mol. The molecule has 1 heterocycles. The Morgan fingerprint density at radius 3 is 2.35 bits per heavy atom. The monoisotopic (exact) mass is 423 g/mol. The maximum atomic E-state index is 12.4. The topological polar surface area (TPSA) is 81.7 Å².